The van der Waals surface area contributed by atoms with Gasteiger partial charge in [-0.2, -0.15) is 0 Å². The quantitative estimate of drug-likeness (QED) is 0.0942. The number of nitrogens with two attached hydrogens (primary N) is 1. The Morgan fingerprint density at radius 1 is 0.778 bits per heavy atom. The van der Waals surface area contributed by atoms with E-state index in [1.54, 1.807) is 27.0 Å². The number of hydrogen-bond acceptors (Lipinski definition) is 13. The monoisotopic (exact) mass is 874 g/mol. The summed E-state index contributed by atoms with van der Waals surface area (Å²) in [5.74, 6) is -1.80. The first kappa shape index (κ1) is 43.7. The summed E-state index contributed by atoms with van der Waals surface area (Å²) in [7, 11) is 0. The average molecular weight is 875 g/mol. The number of aliphatic hydroxyl groups is 1. The van der Waals surface area contributed by atoms with Gasteiger partial charge in [0.05, 0.1) is 54.3 Å². The Kier molecular flexibility index (Phi) is 12.5. The number of hydrogen-bond donors (Lipinski definition) is 2. The summed E-state index contributed by atoms with van der Waals surface area (Å²) in [5, 5.41) is 11.7. The van der Waals surface area contributed by atoms with Gasteiger partial charge < -0.3 is 48.7 Å². The second kappa shape index (κ2) is 18.1. The molecule has 2 saturated heterocycles. The van der Waals surface area contributed by atoms with Crippen molar-refractivity contribution in [3.05, 3.63) is 78.2 Å². The molecule has 4 aliphatic heterocycles. The standard InChI is InChI=1S/C21H22FN5O4.C21H24FN3O4.C2H6O/c1-2-30-21(29)15-10-27(12-3-4-12)17-14(19(15)28)8-16(22)18-20(17)31-6-5-13-7-11(24-25-23)9-26(13)18;1-2-28-21(27)15-10-25(12-3-4-12)17-14(19(15)26)8-16(22)18-20(17)29-6-5-13-7-11(23)9-24(13)18;1-2-3/h8,10-13H,2-7,9H2,1H3;8,10-13H,2-7,9,23H2,1H3;3H,2H2,1H3/t2*11-,13-;/m00./s1. The number of aliphatic hydroxyl groups excluding tert-OH is 1. The fraction of sp³-hybridized carbons (Fsp3) is 0.545. The number of halogens is 2. The number of fused-ring (bicyclic) bond motifs is 10. The molecule has 0 spiro atoms. The first-order valence-corrected chi connectivity index (χ1v) is 21.8. The summed E-state index contributed by atoms with van der Waals surface area (Å²) in [6, 6.07) is 2.57. The Morgan fingerprint density at radius 3 is 1.65 bits per heavy atom. The molecule has 19 heteroatoms. The predicted molar refractivity (Wildman–Crippen MR) is 230 cm³/mol. The number of anilines is 2. The number of rotatable bonds is 7. The molecule has 2 aromatic heterocycles. The minimum atomic E-state index is -0.711. The smallest absolute Gasteiger partial charge is 0.343 e. The van der Waals surface area contributed by atoms with Crippen molar-refractivity contribution in [2.45, 2.75) is 108 Å². The van der Waals surface area contributed by atoms with Gasteiger partial charge >= 0.3 is 11.9 Å². The molecule has 0 radical (unpaired) electrons. The number of nitrogens with zero attached hydrogens (tertiary/aromatic N) is 7. The minimum Gasteiger partial charge on any atom is -0.489 e. The van der Waals surface area contributed by atoms with E-state index in [-0.39, 0.29) is 78.0 Å². The summed E-state index contributed by atoms with van der Waals surface area (Å²) >= 11 is 0. The normalized spacial score (nSPS) is 22.0. The van der Waals surface area contributed by atoms with Gasteiger partial charge in [-0.15, -0.1) is 0 Å². The molecule has 2 aromatic carbocycles. The zero-order valence-electron chi connectivity index (χ0n) is 35.6. The molecule has 4 fully saturated rings. The van der Waals surface area contributed by atoms with E-state index in [0.717, 1.165) is 38.5 Å². The SMILES string of the molecule is CCO.CCOC(=O)c1cn(C2CC2)c2c3c(c(F)cc2c1=O)N1C[C@@H](N)C[C@@H]1CCO3.CCOC(=O)c1cn(C2CC2)c2c3c(c(F)cc2c1=O)N1C[C@@H](N=[N+]=[N-])C[C@@H]1CCO3. The molecule has 2 aliphatic carbocycles. The Hall–Kier alpha value is -5.91. The van der Waals surface area contributed by atoms with Gasteiger partial charge in [0.25, 0.3) is 0 Å². The Bertz CT molecular complexity index is 2620. The van der Waals surface area contributed by atoms with Crippen LogP contribution in [0.4, 0.5) is 20.2 Å². The number of benzene rings is 2. The third kappa shape index (κ3) is 8.24. The third-order valence-corrected chi connectivity index (χ3v) is 12.3. The minimum absolute atomic E-state index is 0.0106. The number of carbonyl (C=O) groups is 2. The van der Waals surface area contributed by atoms with Crippen molar-refractivity contribution in [3.8, 4) is 11.5 Å². The lowest BCUT2D eigenvalue weighted by atomic mass is 10.1. The van der Waals surface area contributed by atoms with Gasteiger partial charge in [0.2, 0.25) is 10.9 Å². The van der Waals surface area contributed by atoms with Crippen molar-refractivity contribution >= 4 is 45.1 Å². The van der Waals surface area contributed by atoms with E-state index in [4.69, 9.17) is 35.3 Å². The molecular weight excluding hydrogens is 823 g/mol. The van der Waals surface area contributed by atoms with Crippen LogP contribution in [0.15, 0.2) is 39.2 Å². The summed E-state index contributed by atoms with van der Waals surface area (Å²) < 4.78 is 56.7. The van der Waals surface area contributed by atoms with Crippen LogP contribution in [0, 0.1) is 11.6 Å². The van der Waals surface area contributed by atoms with Gasteiger partial charge in [-0.05, 0) is 77.0 Å². The van der Waals surface area contributed by atoms with Crippen LogP contribution >= 0.6 is 0 Å². The molecule has 6 heterocycles. The van der Waals surface area contributed by atoms with E-state index < -0.39 is 34.4 Å². The van der Waals surface area contributed by atoms with Gasteiger partial charge in [0.1, 0.15) is 22.5 Å². The van der Waals surface area contributed by atoms with Crippen LogP contribution in [0.3, 0.4) is 0 Å². The first-order chi connectivity index (χ1) is 30.4. The van der Waals surface area contributed by atoms with Crippen LogP contribution in [-0.4, -0.2) is 96.5 Å². The number of ether oxygens (including phenoxy) is 4. The highest BCUT2D eigenvalue weighted by molar-refractivity contribution is 5.99. The van der Waals surface area contributed by atoms with Gasteiger partial charge in [0.15, 0.2) is 23.1 Å². The van der Waals surface area contributed by atoms with E-state index >= 15 is 8.78 Å². The zero-order valence-corrected chi connectivity index (χ0v) is 35.6. The van der Waals surface area contributed by atoms with Crippen molar-refractivity contribution in [2.75, 3.05) is 55.9 Å². The molecule has 17 nitrogen and oxygen atoms in total. The van der Waals surface area contributed by atoms with Crippen molar-refractivity contribution in [2.24, 2.45) is 10.8 Å². The van der Waals surface area contributed by atoms with Crippen molar-refractivity contribution in [1.29, 1.82) is 0 Å². The highest BCUT2D eigenvalue weighted by atomic mass is 19.1. The molecule has 6 aliphatic rings. The molecule has 63 heavy (non-hydrogen) atoms. The molecule has 3 N–H and O–H groups in total. The maximum absolute atomic E-state index is 15.5. The molecular formula is C44H52F2N8O9. The maximum Gasteiger partial charge on any atom is 0.343 e. The topological polar surface area (TPSA) is 217 Å². The third-order valence-electron chi connectivity index (χ3n) is 12.3. The van der Waals surface area contributed by atoms with Gasteiger partial charge in [-0.25, -0.2) is 18.4 Å². The van der Waals surface area contributed by atoms with Gasteiger partial charge in [-0.1, -0.05) is 5.11 Å². The second-order valence-electron chi connectivity index (χ2n) is 16.6. The molecule has 336 valence electrons. The fourth-order valence-corrected chi connectivity index (χ4v) is 9.38. The van der Waals surface area contributed by atoms with Crippen molar-refractivity contribution in [1.82, 2.24) is 9.13 Å². The molecule has 0 amide bonds. The van der Waals surface area contributed by atoms with Crippen LogP contribution in [-0.2, 0) is 9.47 Å². The number of azide groups is 1. The molecule has 0 unspecified atom stereocenters. The summed E-state index contributed by atoms with van der Waals surface area (Å²) in [4.78, 5) is 57.7. The number of pyridine rings is 2. The Morgan fingerprint density at radius 2 is 1.22 bits per heavy atom. The highest BCUT2D eigenvalue weighted by Crippen LogP contribution is 2.48. The first-order valence-electron chi connectivity index (χ1n) is 21.8. The fourth-order valence-electron chi connectivity index (χ4n) is 9.38. The zero-order chi connectivity index (χ0) is 44.7. The van der Waals surface area contributed by atoms with Gasteiger partial charge in [0, 0.05) is 80.1 Å². The van der Waals surface area contributed by atoms with E-state index in [2.05, 4.69) is 10.0 Å². The summed E-state index contributed by atoms with van der Waals surface area (Å²) in [5.41, 5.74) is 15.4. The number of carbonyl (C=O) groups excluding carboxylic acids is 2. The van der Waals surface area contributed by atoms with E-state index in [9.17, 15) is 19.2 Å². The average Bonchev–Trinajstić information content (AvgIpc) is 4.19. The van der Waals surface area contributed by atoms with Crippen LogP contribution in [0.2, 0.25) is 0 Å². The predicted octanol–water partition coefficient (Wildman–Crippen LogP) is 6.03. The Balaban J connectivity index is 0.000000163. The molecule has 4 aromatic rings. The molecule has 2 saturated carbocycles. The molecule has 4 atom stereocenters. The number of esters is 2. The second-order valence-corrected chi connectivity index (χ2v) is 16.6. The summed E-state index contributed by atoms with van der Waals surface area (Å²) in [6.07, 6.45) is 9.57. The van der Waals surface area contributed by atoms with Crippen molar-refractivity contribution in [3.63, 3.8) is 0 Å². The lowest BCUT2D eigenvalue weighted by Gasteiger charge is -2.26. The van der Waals surface area contributed by atoms with Crippen LogP contribution in [0.25, 0.3) is 32.2 Å². The number of aromatic nitrogens is 2. The largest absolute Gasteiger partial charge is 0.489 e. The van der Waals surface area contributed by atoms with E-state index in [0.29, 0.717) is 73.1 Å². The van der Waals surface area contributed by atoms with Crippen molar-refractivity contribution < 1.29 is 42.4 Å². The lowest BCUT2D eigenvalue weighted by Crippen LogP contribution is -2.31. The van der Waals surface area contributed by atoms with Crippen LogP contribution < -0.4 is 35.9 Å². The highest BCUT2D eigenvalue weighted by Gasteiger charge is 2.41. The van der Waals surface area contributed by atoms with E-state index in [1.165, 1.54) is 18.3 Å². The van der Waals surface area contributed by atoms with Crippen LogP contribution in [0.5, 0.6) is 11.5 Å². The lowest BCUT2D eigenvalue weighted by molar-refractivity contribution is 0.0514. The maximum atomic E-state index is 15.5. The van der Waals surface area contributed by atoms with Gasteiger partial charge in [-0.3, -0.25) is 9.59 Å². The van der Waals surface area contributed by atoms with Crippen LogP contribution in [0.1, 0.15) is 105 Å². The molecule has 0 bridgehead atoms. The van der Waals surface area contributed by atoms with E-state index in [1.807, 2.05) is 18.9 Å². The Labute approximate surface area is 360 Å². The molecule has 10 rings (SSSR count). The summed E-state index contributed by atoms with van der Waals surface area (Å²) in [6.45, 7) is 7.32.